The molecule has 0 aromatic carbocycles. The monoisotopic (exact) mass is 276 g/mol. The first-order chi connectivity index (χ1) is 8.74. The molecule has 0 spiro atoms. The predicted molar refractivity (Wildman–Crippen MR) is 77.6 cm³/mol. The molecule has 116 valence electrons. The molecule has 0 N–H and O–H groups in total. The van der Waals surface area contributed by atoms with Gasteiger partial charge >= 0.3 is 0 Å². The van der Waals surface area contributed by atoms with Crippen LogP contribution >= 0.6 is 0 Å². The topological polar surface area (TPSA) is 36.9 Å². The van der Waals surface area contributed by atoms with Gasteiger partial charge in [0.25, 0.3) is 0 Å². The van der Waals surface area contributed by atoms with Gasteiger partial charge in [-0.15, -0.1) is 0 Å². The molecular formula is C15H32O4. The molecule has 0 heterocycles. The second-order valence-electron chi connectivity index (χ2n) is 6.41. The van der Waals surface area contributed by atoms with Gasteiger partial charge in [-0.3, -0.25) is 0 Å². The van der Waals surface area contributed by atoms with E-state index in [1.54, 1.807) is 7.11 Å². The normalized spacial score (nSPS) is 17.2. The van der Waals surface area contributed by atoms with Gasteiger partial charge in [0.1, 0.15) is 0 Å². The molecule has 0 rings (SSSR count). The van der Waals surface area contributed by atoms with Crippen LogP contribution < -0.4 is 0 Å². The van der Waals surface area contributed by atoms with Gasteiger partial charge in [-0.1, -0.05) is 20.8 Å². The second kappa shape index (κ2) is 9.70. The first kappa shape index (κ1) is 18.8. The maximum Gasteiger partial charge on any atom is 0.0781 e. The van der Waals surface area contributed by atoms with Crippen LogP contribution in [-0.4, -0.2) is 51.8 Å². The standard InChI is InChI=1S/C15H32O4/c1-12(16-7)9-18-14(3)10-19-13(2)8-17-11-15(4,5)6/h12-14H,8-11H2,1-7H3. The number of hydrogen-bond donors (Lipinski definition) is 0. The minimum Gasteiger partial charge on any atom is -0.379 e. The molecule has 0 saturated carbocycles. The lowest BCUT2D eigenvalue weighted by molar-refractivity contribution is -0.0786. The van der Waals surface area contributed by atoms with Crippen molar-refractivity contribution in [3.63, 3.8) is 0 Å². The Morgan fingerprint density at radius 1 is 0.789 bits per heavy atom. The van der Waals surface area contributed by atoms with Crippen LogP contribution in [0.15, 0.2) is 0 Å². The number of methoxy groups -OCH3 is 1. The van der Waals surface area contributed by atoms with E-state index in [1.165, 1.54) is 0 Å². The summed E-state index contributed by atoms with van der Waals surface area (Å²) in [4.78, 5) is 0. The molecule has 0 amide bonds. The van der Waals surface area contributed by atoms with Crippen molar-refractivity contribution in [1.29, 1.82) is 0 Å². The van der Waals surface area contributed by atoms with Crippen LogP contribution in [0.1, 0.15) is 41.5 Å². The Balaban J connectivity index is 3.58. The van der Waals surface area contributed by atoms with Crippen molar-refractivity contribution < 1.29 is 18.9 Å². The highest BCUT2D eigenvalue weighted by Gasteiger charge is 2.12. The molecule has 0 radical (unpaired) electrons. The molecular weight excluding hydrogens is 244 g/mol. The highest BCUT2D eigenvalue weighted by atomic mass is 16.6. The maximum atomic E-state index is 5.69. The highest BCUT2D eigenvalue weighted by molar-refractivity contribution is 4.60. The summed E-state index contributed by atoms with van der Waals surface area (Å²) in [6, 6.07) is 0. The van der Waals surface area contributed by atoms with Gasteiger partial charge in [-0.2, -0.15) is 0 Å². The summed E-state index contributed by atoms with van der Waals surface area (Å²) in [5, 5.41) is 0. The van der Waals surface area contributed by atoms with Crippen molar-refractivity contribution in [2.45, 2.75) is 59.9 Å². The minimum absolute atomic E-state index is 0.0719. The molecule has 19 heavy (non-hydrogen) atoms. The molecule has 0 aliphatic rings. The van der Waals surface area contributed by atoms with Gasteiger partial charge in [-0.05, 0) is 26.2 Å². The van der Waals surface area contributed by atoms with Gasteiger partial charge < -0.3 is 18.9 Å². The number of ether oxygens (including phenoxy) is 4. The van der Waals surface area contributed by atoms with Gasteiger partial charge in [0.15, 0.2) is 0 Å². The molecule has 4 heteroatoms. The van der Waals surface area contributed by atoms with Gasteiger partial charge in [-0.25, -0.2) is 0 Å². The van der Waals surface area contributed by atoms with Crippen LogP contribution in [-0.2, 0) is 18.9 Å². The van der Waals surface area contributed by atoms with Crippen molar-refractivity contribution in [3.05, 3.63) is 0 Å². The van der Waals surface area contributed by atoms with Crippen LogP contribution in [0.2, 0.25) is 0 Å². The van der Waals surface area contributed by atoms with Crippen LogP contribution in [0.25, 0.3) is 0 Å². The predicted octanol–water partition coefficient (Wildman–Crippen LogP) is 2.89. The quantitative estimate of drug-likeness (QED) is 0.615. The van der Waals surface area contributed by atoms with Crippen LogP contribution in [0.5, 0.6) is 0 Å². The Labute approximate surface area is 118 Å². The second-order valence-corrected chi connectivity index (χ2v) is 6.41. The first-order valence-electron chi connectivity index (χ1n) is 7.08. The average molecular weight is 276 g/mol. The van der Waals surface area contributed by atoms with Crippen molar-refractivity contribution in [3.8, 4) is 0 Å². The highest BCUT2D eigenvalue weighted by Crippen LogP contribution is 2.13. The molecule has 0 bridgehead atoms. The molecule has 0 aliphatic heterocycles. The lowest BCUT2D eigenvalue weighted by Gasteiger charge is -2.22. The molecule has 0 saturated heterocycles. The van der Waals surface area contributed by atoms with E-state index in [2.05, 4.69) is 20.8 Å². The van der Waals surface area contributed by atoms with E-state index in [1.807, 2.05) is 20.8 Å². The van der Waals surface area contributed by atoms with E-state index in [9.17, 15) is 0 Å². The van der Waals surface area contributed by atoms with Crippen molar-refractivity contribution in [2.75, 3.05) is 33.5 Å². The van der Waals surface area contributed by atoms with E-state index >= 15 is 0 Å². The summed E-state index contributed by atoms with van der Waals surface area (Å²) < 4.78 is 22.1. The van der Waals surface area contributed by atoms with E-state index in [0.29, 0.717) is 19.8 Å². The SMILES string of the molecule is COC(C)COC(C)COC(C)COCC(C)(C)C. The Morgan fingerprint density at radius 3 is 1.74 bits per heavy atom. The van der Waals surface area contributed by atoms with Crippen molar-refractivity contribution >= 4 is 0 Å². The minimum atomic E-state index is 0.0719. The van der Waals surface area contributed by atoms with Crippen LogP contribution in [0, 0.1) is 5.41 Å². The van der Waals surface area contributed by atoms with Crippen molar-refractivity contribution in [1.82, 2.24) is 0 Å². The largest absolute Gasteiger partial charge is 0.379 e. The third-order valence-electron chi connectivity index (χ3n) is 2.52. The summed E-state index contributed by atoms with van der Waals surface area (Å²) in [5.74, 6) is 0. The van der Waals surface area contributed by atoms with Gasteiger partial charge in [0, 0.05) is 7.11 Å². The third-order valence-corrected chi connectivity index (χ3v) is 2.52. The Morgan fingerprint density at radius 2 is 1.26 bits per heavy atom. The molecule has 0 aromatic heterocycles. The Hall–Kier alpha value is -0.160. The fraction of sp³-hybridized carbons (Fsp3) is 1.00. The average Bonchev–Trinajstić information content (AvgIpc) is 2.31. The summed E-state index contributed by atoms with van der Waals surface area (Å²) in [7, 11) is 1.68. The van der Waals surface area contributed by atoms with Crippen LogP contribution in [0.4, 0.5) is 0 Å². The third kappa shape index (κ3) is 12.6. The van der Waals surface area contributed by atoms with E-state index in [-0.39, 0.29) is 23.7 Å². The molecule has 4 nitrogen and oxygen atoms in total. The number of rotatable bonds is 10. The van der Waals surface area contributed by atoms with E-state index in [0.717, 1.165) is 6.61 Å². The maximum absolute atomic E-state index is 5.69. The summed E-state index contributed by atoms with van der Waals surface area (Å²) in [6.07, 6.45) is 0.283. The fourth-order valence-electron chi connectivity index (χ4n) is 1.29. The molecule has 3 unspecified atom stereocenters. The van der Waals surface area contributed by atoms with E-state index < -0.39 is 0 Å². The zero-order chi connectivity index (χ0) is 14.9. The molecule has 0 aliphatic carbocycles. The lowest BCUT2D eigenvalue weighted by Crippen LogP contribution is -2.27. The Kier molecular flexibility index (Phi) is 9.62. The zero-order valence-electron chi connectivity index (χ0n) is 13.7. The van der Waals surface area contributed by atoms with Gasteiger partial charge in [0.2, 0.25) is 0 Å². The smallest absolute Gasteiger partial charge is 0.0781 e. The fourth-order valence-corrected chi connectivity index (χ4v) is 1.29. The van der Waals surface area contributed by atoms with Crippen LogP contribution in [0.3, 0.4) is 0 Å². The van der Waals surface area contributed by atoms with E-state index in [4.69, 9.17) is 18.9 Å². The zero-order valence-corrected chi connectivity index (χ0v) is 13.7. The molecule has 0 fully saturated rings. The summed E-state index contributed by atoms with van der Waals surface area (Å²) in [5.41, 5.74) is 0.201. The Bertz CT molecular complexity index is 213. The molecule has 3 atom stereocenters. The van der Waals surface area contributed by atoms with Gasteiger partial charge in [0.05, 0.1) is 44.7 Å². The number of hydrogen-bond acceptors (Lipinski definition) is 4. The van der Waals surface area contributed by atoms with Crippen molar-refractivity contribution in [2.24, 2.45) is 5.41 Å². The lowest BCUT2D eigenvalue weighted by atomic mass is 9.99. The summed E-state index contributed by atoms with van der Waals surface area (Å²) >= 11 is 0. The molecule has 0 aromatic rings. The first-order valence-corrected chi connectivity index (χ1v) is 7.08. The summed E-state index contributed by atoms with van der Waals surface area (Å²) in [6.45, 7) is 15.0.